The van der Waals surface area contributed by atoms with Crippen molar-refractivity contribution in [1.29, 1.82) is 0 Å². The molecule has 0 atom stereocenters. The summed E-state index contributed by atoms with van der Waals surface area (Å²) in [5.41, 5.74) is 6.82. The van der Waals surface area contributed by atoms with E-state index >= 15 is 0 Å². The molecule has 0 aliphatic carbocycles. The van der Waals surface area contributed by atoms with E-state index in [9.17, 15) is 0 Å². The first-order chi connectivity index (χ1) is 9.04. The SMILES string of the molecule is Cc1ccc(NC(=S)NN2CC[NH+](C)CC2)c(C)c1. The quantitative estimate of drug-likeness (QED) is 0.682. The van der Waals surface area contributed by atoms with Gasteiger partial charge in [-0.2, -0.15) is 0 Å². The molecule has 1 heterocycles. The van der Waals surface area contributed by atoms with Crippen LogP contribution in [-0.2, 0) is 0 Å². The van der Waals surface area contributed by atoms with E-state index < -0.39 is 0 Å². The lowest BCUT2D eigenvalue weighted by atomic mass is 10.1. The molecule has 0 unspecified atom stereocenters. The first kappa shape index (κ1) is 14.2. The summed E-state index contributed by atoms with van der Waals surface area (Å²) in [5, 5.41) is 6.13. The number of quaternary nitrogens is 1. The lowest BCUT2D eigenvalue weighted by Crippen LogP contribution is -3.12. The van der Waals surface area contributed by atoms with Gasteiger partial charge in [0.25, 0.3) is 0 Å². The van der Waals surface area contributed by atoms with E-state index in [4.69, 9.17) is 12.2 Å². The maximum atomic E-state index is 5.37. The summed E-state index contributed by atoms with van der Waals surface area (Å²) < 4.78 is 0. The molecule has 0 saturated carbocycles. The number of piperazine rings is 1. The Morgan fingerprint density at radius 3 is 2.58 bits per heavy atom. The van der Waals surface area contributed by atoms with Gasteiger partial charge in [-0.15, -0.1) is 0 Å². The Kier molecular flexibility index (Phi) is 4.74. The van der Waals surface area contributed by atoms with Crippen molar-refractivity contribution in [3.05, 3.63) is 29.3 Å². The molecule has 1 saturated heterocycles. The van der Waals surface area contributed by atoms with Crippen LogP contribution in [0.25, 0.3) is 0 Å². The highest BCUT2D eigenvalue weighted by atomic mass is 32.1. The van der Waals surface area contributed by atoms with Gasteiger partial charge in [-0.05, 0) is 37.7 Å². The molecule has 0 spiro atoms. The predicted molar refractivity (Wildman–Crippen MR) is 83.5 cm³/mol. The van der Waals surface area contributed by atoms with E-state index in [1.165, 1.54) is 11.1 Å². The molecule has 0 aromatic heterocycles. The Morgan fingerprint density at radius 2 is 1.95 bits per heavy atom. The van der Waals surface area contributed by atoms with Crippen LogP contribution in [0.1, 0.15) is 11.1 Å². The van der Waals surface area contributed by atoms with Gasteiger partial charge in [0.1, 0.15) is 0 Å². The van der Waals surface area contributed by atoms with Crippen molar-refractivity contribution in [2.24, 2.45) is 0 Å². The predicted octanol–water partition coefficient (Wildman–Crippen LogP) is 0.335. The first-order valence-electron chi connectivity index (χ1n) is 6.76. The van der Waals surface area contributed by atoms with E-state index in [1.807, 2.05) is 0 Å². The first-order valence-corrected chi connectivity index (χ1v) is 7.16. The number of benzene rings is 1. The van der Waals surface area contributed by atoms with Gasteiger partial charge in [0.15, 0.2) is 5.11 Å². The largest absolute Gasteiger partial charge is 0.335 e. The zero-order valence-corrected chi connectivity index (χ0v) is 12.7. The molecule has 0 amide bonds. The zero-order chi connectivity index (χ0) is 13.8. The van der Waals surface area contributed by atoms with Crippen LogP contribution in [0, 0.1) is 13.8 Å². The number of hydrazine groups is 1. The number of likely N-dealkylation sites (N-methyl/N-ethyl adjacent to an activating group) is 1. The molecular weight excluding hydrogens is 256 g/mol. The van der Waals surface area contributed by atoms with Crippen LogP contribution in [-0.4, -0.2) is 43.3 Å². The highest BCUT2D eigenvalue weighted by Gasteiger charge is 2.17. The molecular formula is C14H23N4S+. The summed E-state index contributed by atoms with van der Waals surface area (Å²) in [6.07, 6.45) is 0. The van der Waals surface area contributed by atoms with E-state index in [-0.39, 0.29) is 0 Å². The van der Waals surface area contributed by atoms with Crippen molar-refractivity contribution >= 4 is 23.0 Å². The second-order valence-electron chi connectivity index (χ2n) is 5.33. The lowest BCUT2D eigenvalue weighted by molar-refractivity contribution is -0.884. The van der Waals surface area contributed by atoms with E-state index in [2.05, 4.69) is 54.8 Å². The topological polar surface area (TPSA) is 31.7 Å². The number of hydrogen-bond donors (Lipinski definition) is 3. The molecule has 4 nitrogen and oxygen atoms in total. The van der Waals surface area contributed by atoms with Crippen LogP contribution in [0.2, 0.25) is 0 Å². The normalized spacial score (nSPS) is 17.2. The van der Waals surface area contributed by atoms with Crippen LogP contribution in [0.5, 0.6) is 0 Å². The van der Waals surface area contributed by atoms with Gasteiger partial charge in [-0.3, -0.25) is 5.43 Å². The van der Waals surface area contributed by atoms with Crippen molar-refractivity contribution in [3.63, 3.8) is 0 Å². The second kappa shape index (κ2) is 6.32. The molecule has 2 rings (SSSR count). The summed E-state index contributed by atoms with van der Waals surface area (Å²) in [6, 6.07) is 6.33. The number of thiocarbonyl (C=S) groups is 1. The van der Waals surface area contributed by atoms with E-state index in [1.54, 1.807) is 4.90 Å². The molecule has 1 aromatic rings. The van der Waals surface area contributed by atoms with Gasteiger partial charge < -0.3 is 10.2 Å². The van der Waals surface area contributed by atoms with Crippen LogP contribution < -0.4 is 15.6 Å². The average Bonchev–Trinajstić information content (AvgIpc) is 2.36. The molecule has 3 N–H and O–H groups in total. The highest BCUT2D eigenvalue weighted by molar-refractivity contribution is 7.80. The Morgan fingerprint density at radius 1 is 1.26 bits per heavy atom. The zero-order valence-electron chi connectivity index (χ0n) is 11.9. The standard InChI is InChI=1S/C14H22N4S/c1-11-4-5-13(12(2)10-11)15-14(19)16-18-8-6-17(3)7-9-18/h4-5,10H,6-9H2,1-3H3,(H2,15,16,19)/p+1. The Labute approximate surface area is 120 Å². The van der Waals surface area contributed by atoms with Gasteiger partial charge in [-0.25, -0.2) is 5.01 Å². The minimum absolute atomic E-state index is 0.673. The molecule has 5 heteroatoms. The minimum Gasteiger partial charge on any atom is -0.335 e. The molecule has 19 heavy (non-hydrogen) atoms. The van der Waals surface area contributed by atoms with Crippen molar-refractivity contribution in [2.75, 3.05) is 38.5 Å². The van der Waals surface area contributed by atoms with Crippen LogP contribution >= 0.6 is 12.2 Å². The molecule has 104 valence electrons. The van der Waals surface area contributed by atoms with Crippen LogP contribution in [0.15, 0.2) is 18.2 Å². The number of aryl methyl sites for hydroxylation is 2. The fourth-order valence-electron chi connectivity index (χ4n) is 2.25. The maximum absolute atomic E-state index is 5.37. The van der Waals surface area contributed by atoms with Gasteiger partial charge in [0, 0.05) is 5.69 Å². The summed E-state index contributed by atoms with van der Waals surface area (Å²) >= 11 is 5.37. The molecule has 1 aromatic carbocycles. The Bertz CT molecular complexity index is 453. The molecule has 1 aliphatic heterocycles. The summed E-state index contributed by atoms with van der Waals surface area (Å²) in [7, 11) is 2.23. The molecule has 1 fully saturated rings. The molecule has 0 bridgehead atoms. The van der Waals surface area contributed by atoms with Crippen LogP contribution in [0.4, 0.5) is 5.69 Å². The Balaban J connectivity index is 1.87. The number of rotatable bonds is 2. The number of nitrogens with zero attached hydrogens (tertiary/aromatic N) is 1. The van der Waals surface area contributed by atoms with Gasteiger partial charge in [0.05, 0.1) is 33.2 Å². The fourth-order valence-corrected chi connectivity index (χ4v) is 2.49. The van der Waals surface area contributed by atoms with Gasteiger partial charge >= 0.3 is 0 Å². The fraction of sp³-hybridized carbons (Fsp3) is 0.500. The third kappa shape index (κ3) is 4.16. The smallest absolute Gasteiger partial charge is 0.185 e. The van der Waals surface area contributed by atoms with Crippen molar-refractivity contribution in [1.82, 2.24) is 10.4 Å². The van der Waals surface area contributed by atoms with E-state index in [0.717, 1.165) is 31.9 Å². The van der Waals surface area contributed by atoms with Crippen molar-refractivity contribution < 1.29 is 4.90 Å². The van der Waals surface area contributed by atoms with Crippen molar-refractivity contribution in [3.8, 4) is 0 Å². The minimum atomic E-state index is 0.673. The number of anilines is 1. The molecule has 0 radical (unpaired) electrons. The monoisotopic (exact) mass is 279 g/mol. The molecule has 1 aliphatic rings. The summed E-state index contributed by atoms with van der Waals surface area (Å²) in [6.45, 7) is 8.55. The third-order valence-electron chi connectivity index (χ3n) is 3.51. The van der Waals surface area contributed by atoms with E-state index in [0.29, 0.717) is 5.11 Å². The number of hydrogen-bond acceptors (Lipinski definition) is 2. The van der Waals surface area contributed by atoms with Crippen LogP contribution in [0.3, 0.4) is 0 Å². The van der Waals surface area contributed by atoms with Gasteiger partial charge in [0.2, 0.25) is 0 Å². The summed E-state index contributed by atoms with van der Waals surface area (Å²) in [4.78, 5) is 1.58. The third-order valence-corrected chi connectivity index (χ3v) is 3.70. The second-order valence-corrected chi connectivity index (χ2v) is 5.74. The summed E-state index contributed by atoms with van der Waals surface area (Å²) in [5.74, 6) is 0. The Hall–Kier alpha value is -1.17. The maximum Gasteiger partial charge on any atom is 0.185 e. The number of nitrogens with one attached hydrogen (secondary N) is 3. The average molecular weight is 279 g/mol. The lowest BCUT2D eigenvalue weighted by Gasteiger charge is -2.31. The highest BCUT2D eigenvalue weighted by Crippen LogP contribution is 2.15. The van der Waals surface area contributed by atoms with Gasteiger partial charge in [-0.1, -0.05) is 17.7 Å². The van der Waals surface area contributed by atoms with Crippen molar-refractivity contribution in [2.45, 2.75) is 13.8 Å².